The second-order valence-electron chi connectivity index (χ2n) is 10.2. The molecule has 1 spiro atoms. The summed E-state index contributed by atoms with van der Waals surface area (Å²) in [6, 6.07) is 11.7. The van der Waals surface area contributed by atoms with Crippen molar-refractivity contribution in [1.82, 2.24) is 19.6 Å². The number of likely N-dealkylation sites (N-methyl/N-ethyl adjacent to an activating group) is 1. The lowest BCUT2D eigenvalue weighted by molar-refractivity contribution is -0.146. The van der Waals surface area contributed by atoms with Gasteiger partial charge >= 0.3 is 0 Å². The van der Waals surface area contributed by atoms with Gasteiger partial charge < -0.3 is 19.1 Å². The number of furan rings is 1. The Balaban J connectivity index is 1.52. The predicted molar refractivity (Wildman–Crippen MR) is 126 cm³/mol. The highest BCUT2D eigenvalue weighted by atomic mass is 16.3. The van der Waals surface area contributed by atoms with Crippen LogP contribution >= 0.6 is 0 Å². The van der Waals surface area contributed by atoms with Crippen molar-refractivity contribution in [2.75, 3.05) is 46.3 Å². The average molecular weight is 451 g/mol. The standard InChI is InChI=1S/C26H34N4O3/c1-18(2)30-24(31)22-8-6-5-7-21(22)23(25(32)29-13-11-27(4)12-14-29)26(30)16-28(17-26)15-20-10-9-19(3)33-20/h5-10,18,23H,11-17H2,1-4H3. The van der Waals surface area contributed by atoms with Crippen LogP contribution in [-0.2, 0) is 11.3 Å². The summed E-state index contributed by atoms with van der Waals surface area (Å²) in [5.74, 6) is 1.65. The van der Waals surface area contributed by atoms with E-state index in [1.54, 1.807) is 0 Å². The molecule has 4 heterocycles. The van der Waals surface area contributed by atoms with E-state index in [1.165, 1.54) is 0 Å². The molecule has 1 atom stereocenters. The molecule has 33 heavy (non-hydrogen) atoms. The van der Waals surface area contributed by atoms with Crippen molar-refractivity contribution in [2.24, 2.45) is 0 Å². The largest absolute Gasteiger partial charge is 0.465 e. The van der Waals surface area contributed by atoms with Gasteiger partial charge in [-0.3, -0.25) is 14.5 Å². The Kier molecular flexibility index (Phi) is 5.57. The molecule has 0 N–H and O–H groups in total. The van der Waals surface area contributed by atoms with Crippen molar-refractivity contribution in [2.45, 2.75) is 44.8 Å². The van der Waals surface area contributed by atoms with Gasteiger partial charge in [-0.05, 0) is 51.6 Å². The summed E-state index contributed by atoms with van der Waals surface area (Å²) in [6.45, 7) is 11.3. The van der Waals surface area contributed by atoms with E-state index in [-0.39, 0.29) is 23.8 Å². The number of piperazine rings is 1. The van der Waals surface area contributed by atoms with Crippen molar-refractivity contribution in [3.8, 4) is 0 Å². The van der Waals surface area contributed by atoms with E-state index in [0.717, 1.165) is 43.3 Å². The first-order chi connectivity index (χ1) is 15.8. The molecule has 7 nitrogen and oxygen atoms in total. The van der Waals surface area contributed by atoms with Gasteiger partial charge in [-0.25, -0.2) is 0 Å². The van der Waals surface area contributed by atoms with Crippen molar-refractivity contribution in [3.63, 3.8) is 0 Å². The predicted octanol–water partition coefficient (Wildman–Crippen LogP) is 2.56. The minimum absolute atomic E-state index is 0.00153. The lowest BCUT2D eigenvalue weighted by atomic mass is 9.67. The van der Waals surface area contributed by atoms with E-state index in [2.05, 4.69) is 30.7 Å². The molecule has 2 fully saturated rings. The van der Waals surface area contributed by atoms with Crippen LogP contribution in [0, 0.1) is 6.92 Å². The molecule has 3 aliphatic rings. The van der Waals surface area contributed by atoms with E-state index in [0.29, 0.717) is 25.2 Å². The highest BCUT2D eigenvalue weighted by Gasteiger charge is 2.61. The zero-order valence-corrected chi connectivity index (χ0v) is 20.1. The Morgan fingerprint density at radius 2 is 1.79 bits per heavy atom. The number of rotatable bonds is 4. The number of amides is 2. The molecule has 0 saturated carbocycles. The van der Waals surface area contributed by atoms with Gasteiger partial charge in [-0.2, -0.15) is 0 Å². The minimum atomic E-state index is -0.540. The summed E-state index contributed by atoms with van der Waals surface area (Å²) >= 11 is 0. The maximum atomic E-state index is 14.1. The van der Waals surface area contributed by atoms with Crippen LogP contribution in [-0.4, -0.2) is 89.3 Å². The molecule has 0 aliphatic carbocycles. The fourth-order valence-electron chi connectivity index (χ4n) is 5.99. The van der Waals surface area contributed by atoms with E-state index in [1.807, 2.05) is 53.1 Å². The smallest absolute Gasteiger partial charge is 0.254 e. The number of nitrogens with zero attached hydrogens (tertiary/aromatic N) is 4. The molecule has 1 unspecified atom stereocenters. The molecule has 7 heteroatoms. The van der Waals surface area contributed by atoms with Crippen LogP contribution in [0.4, 0.5) is 0 Å². The Morgan fingerprint density at radius 1 is 1.09 bits per heavy atom. The third-order valence-electron chi connectivity index (χ3n) is 7.49. The second kappa shape index (κ2) is 8.29. The summed E-state index contributed by atoms with van der Waals surface area (Å²) in [5, 5.41) is 0. The number of hydrogen-bond donors (Lipinski definition) is 0. The van der Waals surface area contributed by atoms with E-state index >= 15 is 0 Å². The van der Waals surface area contributed by atoms with Crippen LogP contribution in [0.15, 0.2) is 40.8 Å². The number of carbonyl (C=O) groups excluding carboxylic acids is 2. The first kappa shape index (κ1) is 22.2. The van der Waals surface area contributed by atoms with Gasteiger partial charge in [0, 0.05) is 50.9 Å². The Bertz CT molecular complexity index is 1050. The molecule has 1 aromatic carbocycles. The number of aryl methyl sites for hydroxylation is 1. The molecule has 2 amide bonds. The Hall–Kier alpha value is -2.64. The minimum Gasteiger partial charge on any atom is -0.465 e. The Morgan fingerprint density at radius 3 is 2.42 bits per heavy atom. The molecular weight excluding hydrogens is 416 g/mol. The van der Waals surface area contributed by atoms with Crippen molar-refractivity contribution in [1.29, 1.82) is 0 Å². The van der Waals surface area contributed by atoms with Gasteiger partial charge in [0.25, 0.3) is 5.91 Å². The molecule has 0 bridgehead atoms. The Labute approximate surface area is 195 Å². The van der Waals surface area contributed by atoms with E-state index < -0.39 is 5.54 Å². The molecule has 2 aromatic rings. The molecular formula is C26H34N4O3. The van der Waals surface area contributed by atoms with Crippen molar-refractivity contribution < 1.29 is 14.0 Å². The highest BCUT2D eigenvalue weighted by molar-refractivity contribution is 6.02. The SMILES string of the molecule is Cc1ccc(CN2CC3(C2)C(C(=O)N2CCN(C)CC2)c2ccccc2C(=O)N3C(C)C)o1. The molecule has 0 radical (unpaired) electrons. The van der Waals surface area contributed by atoms with Gasteiger partial charge in [0.05, 0.1) is 18.0 Å². The first-order valence-corrected chi connectivity index (χ1v) is 12.0. The van der Waals surface area contributed by atoms with Crippen LogP contribution in [0.5, 0.6) is 0 Å². The number of benzene rings is 1. The summed E-state index contributed by atoms with van der Waals surface area (Å²) < 4.78 is 5.79. The maximum Gasteiger partial charge on any atom is 0.254 e. The van der Waals surface area contributed by atoms with Gasteiger partial charge in [0.2, 0.25) is 5.91 Å². The van der Waals surface area contributed by atoms with Crippen LogP contribution < -0.4 is 0 Å². The monoisotopic (exact) mass is 450 g/mol. The lowest BCUT2D eigenvalue weighted by Crippen LogP contribution is -2.77. The summed E-state index contributed by atoms with van der Waals surface area (Å²) in [7, 11) is 2.10. The first-order valence-electron chi connectivity index (χ1n) is 12.0. The topological polar surface area (TPSA) is 60.2 Å². The molecule has 1 aromatic heterocycles. The van der Waals surface area contributed by atoms with Gasteiger partial charge in [-0.1, -0.05) is 18.2 Å². The average Bonchev–Trinajstić information content (AvgIpc) is 3.17. The summed E-state index contributed by atoms with van der Waals surface area (Å²) in [4.78, 5) is 36.3. The third kappa shape index (κ3) is 3.67. The molecule has 5 rings (SSSR count). The van der Waals surface area contributed by atoms with E-state index in [4.69, 9.17) is 4.42 Å². The zero-order valence-electron chi connectivity index (χ0n) is 20.1. The van der Waals surface area contributed by atoms with Crippen molar-refractivity contribution in [3.05, 3.63) is 59.0 Å². The normalized spacial score (nSPS) is 23.2. The number of carbonyl (C=O) groups is 2. The number of likely N-dealkylation sites (tertiary alicyclic amines) is 1. The van der Waals surface area contributed by atoms with Crippen LogP contribution in [0.2, 0.25) is 0 Å². The zero-order chi connectivity index (χ0) is 23.3. The summed E-state index contributed by atoms with van der Waals surface area (Å²) in [5.41, 5.74) is 1.02. The van der Waals surface area contributed by atoms with Gasteiger partial charge in [0.15, 0.2) is 0 Å². The van der Waals surface area contributed by atoms with Crippen LogP contribution in [0.3, 0.4) is 0 Å². The summed E-state index contributed by atoms with van der Waals surface area (Å²) in [6.07, 6.45) is 0. The molecule has 2 saturated heterocycles. The lowest BCUT2D eigenvalue weighted by Gasteiger charge is -2.62. The fourth-order valence-corrected chi connectivity index (χ4v) is 5.99. The highest BCUT2D eigenvalue weighted by Crippen LogP contribution is 2.48. The second-order valence-corrected chi connectivity index (χ2v) is 10.2. The van der Waals surface area contributed by atoms with Crippen LogP contribution in [0.25, 0.3) is 0 Å². The van der Waals surface area contributed by atoms with Crippen LogP contribution in [0.1, 0.15) is 47.2 Å². The van der Waals surface area contributed by atoms with Gasteiger partial charge in [-0.15, -0.1) is 0 Å². The molecule has 3 aliphatic heterocycles. The quantitative estimate of drug-likeness (QED) is 0.717. The number of fused-ring (bicyclic) bond motifs is 1. The van der Waals surface area contributed by atoms with Gasteiger partial charge in [0.1, 0.15) is 11.5 Å². The van der Waals surface area contributed by atoms with Crippen molar-refractivity contribution >= 4 is 11.8 Å². The van der Waals surface area contributed by atoms with E-state index in [9.17, 15) is 9.59 Å². The molecule has 176 valence electrons. The number of hydrogen-bond acceptors (Lipinski definition) is 5. The maximum absolute atomic E-state index is 14.1. The third-order valence-corrected chi connectivity index (χ3v) is 7.49. The fraction of sp³-hybridized carbons (Fsp3) is 0.538.